The number of methoxy groups -OCH3 is 2. The third-order valence-electron chi connectivity index (χ3n) is 4.34. The van der Waals surface area contributed by atoms with Gasteiger partial charge in [0.15, 0.2) is 11.5 Å². The average Bonchev–Trinajstić information content (AvgIpc) is 2.69. The van der Waals surface area contributed by atoms with Crippen molar-refractivity contribution in [3.05, 3.63) is 58.2 Å². The van der Waals surface area contributed by atoms with Crippen LogP contribution in [0.3, 0.4) is 0 Å². The number of phenols is 1. The van der Waals surface area contributed by atoms with E-state index in [4.69, 9.17) is 9.47 Å². The Kier molecular flexibility index (Phi) is 7.05. The monoisotopic (exact) mass is 380 g/mol. The minimum absolute atomic E-state index is 0.0109. The highest BCUT2D eigenvalue weighted by Gasteiger charge is 2.11. The van der Waals surface area contributed by atoms with Crippen molar-refractivity contribution >= 4 is 12.0 Å². The van der Waals surface area contributed by atoms with Gasteiger partial charge in [0.25, 0.3) is 5.91 Å². The molecule has 0 heterocycles. The molecule has 0 bridgehead atoms. The van der Waals surface area contributed by atoms with Crippen molar-refractivity contribution in [1.29, 1.82) is 5.26 Å². The standard InChI is InChI=1S/C22H24N2O4/c1-14-9-17(10-15(2)21(14)25)11-18(13-23)22(26)24-8-7-16-5-6-19(27-3)20(12-16)28-4/h5-6,9-12,25H,7-8H2,1-4H3,(H,24,26)/b18-11+. The molecule has 6 nitrogen and oxygen atoms in total. The molecule has 0 saturated carbocycles. The van der Waals surface area contributed by atoms with Crippen molar-refractivity contribution < 1.29 is 19.4 Å². The molecule has 1 amide bonds. The van der Waals surface area contributed by atoms with Gasteiger partial charge >= 0.3 is 0 Å². The maximum absolute atomic E-state index is 12.3. The lowest BCUT2D eigenvalue weighted by Gasteiger charge is -2.10. The largest absolute Gasteiger partial charge is 0.507 e. The van der Waals surface area contributed by atoms with Gasteiger partial charge in [-0.1, -0.05) is 6.07 Å². The number of hydrogen-bond donors (Lipinski definition) is 2. The van der Waals surface area contributed by atoms with E-state index in [0.717, 1.165) is 5.56 Å². The van der Waals surface area contributed by atoms with Gasteiger partial charge in [0.05, 0.1) is 14.2 Å². The van der Waals surface area contributed by atoms with E-state index in [1.165, 1.54) is 6.08 Å². The molecule has 0 aliphatic carbocycles. The molecule has 2 aromatic rings. The zero-order valence-corrected chi connectivity index (χ0v) is 16.5. The predicted octanol–water partition coefficient (Wildman–Crippen LogP) is 3.29. The van der Waals surface area contributed by atoms with Gasteiger partial charge in [-0.3, -0.25) is 4.79 Å². The van der Waals surface area contributed by atoms with E-state index in [1.54, 1.807) is 40.2 Å². The van der Waals surface area contributed by atoms with Crippen LogP contribution in [0.25, 0.3) is 6.08 Å². The van der Waals surface area contributed by atoms with Crippen molar-refractivity contribution in [2.24, 2.45) is 0 Å². The van der Waals surface area contributed by atoms with Crippen molar-refractivity contribution in [3.8, 4) is 23.3 Å². The Hall–Kier alpha value is -3.46. The molecule has 2 rings (SSSR count). The topological polar surface area (TPSA) is 91.6 Å². The number of carbonyl (C=O) groups is 1. The lowest BCUT2D eigenvalue weighted by molar-refractivity contribution is -0.117. The van der Waals surface area contributed by atoms with Crippen molar-refractivity contribution in [1.82, 2.24) is 5.32 Å². The van der Waals surface area contributed by atoms with Crippen molar-refractivity contribution in [3.63, 3.8) is 0 Å². The first kappa shape index (κ1) is 20.8. The van der Waals surface area contributed by atoms with Crippen LogP contribution in [-0.2, 0) is 11.2 Å². The quantitative estimate of drug-likeness (QED) is 0.568. The number of aryl methyl sites for hydroxylation is 2. The third kappa shape index (κ3) is 5.04. The normalized spacial score (nSPS) is 10.9. The number of rotatable bonds is 7. The molecule has 28 heavy (non-hydrogen) atoms. The summed E-state index contributed by atoms with van der Waals surface area (Å²) in [6, 6.07) is 11.0. The summed E-state index contributed by atoms with van der Waals surface area (Å²) in [5.74, 6) is 1.05. The maximum Gasteiger partial charge on any atom is 0.261 e. The maximum atomic E-state index is 12.3. The van der Waals surface area contributed by atoms with Gasteiger partial charge in [-0.15, -0.1) is 0 Å². The summed E-state index contributed by atoms with van der Waals surface area (Å²) in [6.07, 6.45) is 2.10. The van der Waals surface area contributed by atoms with E-state index in [9.17, 15) is 15.2 Å². The first-order valence-electron chi connectivity index (χ1n) is 8.80. The van der Waals surface area contributed by atoms with Crippen LogP contribution in [0.5, 0.6) is 17.2 Å². The highest BCUT2D eigenvalue weighted by atomic mass is 16.5. The summed E-state index contributed by atoms with van der Waals surface area (Å²) in [5.41, 5.74) is 3.07. The molecule has 0 spiro atoms. The first-order valence-corrected chi connectivity index (χ1v) is 8.80. The molecular formula is C22H24N2O4. The number of ether oxygens (including phenoxy) is 2. The number of nitrogens with zero attached hydrogens (tertiary/aromatic N) is 1. The number of nitrogens with one attached hydrogen (secondary N) is 1. The summed E-state index contributed by atoms with van der Waals surface area (Å²) in [7, 11) is 3.14. The lowest BCUT2D eigenvalue weighted by Crippen LogP contribution is -2.26. The highest BCUT2D eigenvalue weighted by Crippen LogP contribution is 2.27. The Balaban J connectivity index is 2.04. The average molecular weight is 380 g/mol. The molecule has 6 heteroatoms. The van der Waals surface area contributed by atoms with Crippen LogP contribution in [0.2, 0.25) is 0 Å². The number of benzene rings is 2. The first-order chi connectivity index (χ1) is 13.4. The predicted molar refractivity (Wildman–Crippen MR) is 107 cm³/mol. The summed E-state index contributed by atoms with van der Waals surface area (Å²) in [5, 5.41) is 21.9. The summed E-state index contributed by atoms with van der Waals surface area (Å²) >= 11 is 0. The molecule has 0 fully saturated rings. The molecular weight excluding hydrogens is 356 g/mol. The number of phenolic OH excluding ortho intramolecular Hbond substituents is 1. The van der Waals surface area contributed by atoms with Crippen LogP contribution < -0.4 is 14.8 Å². The Morgan fingerprint density at radius 3 is 2.36 bits per heavy atom. The number of amides is 1. The molecule has 0 radical (unpaired) electrons. The second-order valence-electron chi connectivity index (χ2n) is 6.37. The smallest absolute Gasteiger partial charge is 0.261 e. The van der Waals surface area contributed by atoms with Gasteiger partial charge in [0.1, 0.15) is 17.4 Å². The highest BCUT2D eigenvalue weighted by molar-refractivity contribution is 6.01. The molecule has 2 aromatic carbocycles. The summed E-state index contributed by atoms with van der Waals surface area (Å²) in [6.45, 7) is 3.92. The van der Waals surface area contributed by atoms with Crippen LogP contribution in [0.4, 0.5) is 0 Å². The second-order valence-corrected chi connectivity index (χ2v) is 6.37. The van der Waals surface area contributed by atoms with Gasteiger partial charge in [0, 0.05) is 6.54 Å². The Bertz CT molecular complexity index is 919. The molecule has 2 N–H and O–H groups in total. The molecule has 0 atom stereocenters. The van der Waals surface area contributed by atoms with Gasteiger partial charge < -0.3 is 19.9 Å². The SMILES string of the molecule is COc1ccc(CCNC(=O)/C(C#N)=C/c2cc(C)c(O)c(C)c2)cc1OC. The van der Waals surface area contributed by atoms with Crippen LogP contribution in [-0.4, -0.2) is 31.8 Å². The van der Waals surface area contributed by atoms with Gasteiger partial charge in [-0.05, 0) is 72.9 Å². The van der Waals surface area contributed by atoms with Crippen LogP contribution in [0.1, 0.15) is 22.3 Å². The zero-order chi connectivity index (χ0) is 20.7. The van der Waals surface area contributed by atoms with E-state index in [2.05, 4.69) is 5.32 Å². The van der Waals surface area contributed by atoms with Gasteiger partial charge in [-0.25, -0.2) is 0 Å². The minimum atomic E-state index is -0.439. The number of carbonyl (C=O) groups excluding carboxylic acids is 1. The minimum Gasteiger partial charge on any atom is -0.507 e. The third-order valence-corrected chi connectivity index (χ3v) is 4.34. The summed E-state index contributed by atoms with van der Waals surface area (Å²) in [4.78, 5) is 12.3. The van der Waals surface area contributed by atoms with Gasteiger partial charge in [-0.2, -0.15) is 5.26 Å². The number of hydrogen-bond acceptors (Lipinski definition) is 5. The molecule has 0 saturated heterocycles. The Morgan fingerprint density at radius 2 is 1.79 bits per heavy atom. The van der Waals surface area contributed by atoms with Gasteiger partial charge in [0.2, 0.25) is 0 Å². The Morgan fingerprint density at radius 1 is 1.14 bits per heavy atom. The molecule has 0 aliphatic heterocycles. The van der Waals surface area contributed by atoms with Crippen LogP contribution in [0.15, 0.2) is 35.9 Å². The molecule has 0 aliphatic rings. The van der Waals surface area contributed by atoms with Crippen molar-refractivity contribution in [2.45, 2.75) is 20.3 Å². The molecule has 146 valence electrons. The fourth-order valence-electron chi connectivity index (χ4n) is 2.84. The fourth-order valence-corrected chi connectivity index (χ4v) is 2.84. The second kappa shape index (κ2) is 9.47. The van der Waals surface area contributed by atoms with E-state index in [0.29, 0.717) is 41.2 Å². The number of nitriles is 1. The van der Waals surface area contributed by atoms with E-state index in [1.807, 2.05) is 24.3 Å². The lowest BCUT2D eigenvalue weighted by atomic mass is 10.0. The Labute approximate surface area is 165 Å². The van der Waals surface area contributed by atoms with E-state index in [-0.39, 0.29) is 11.3 Å². The van der Waals surface area contributed by atoms with Crippen LogP contribution >= 0.6 is 0 Å². The molecule has 0 unspecified atom stereocenters. The van der Waals surface area contributed by atoms with E-state index < -0.39 is 5.91 Å². The molecule has 0 aromatic heterocycles. The van der Waals surface area contributed by atoms with Crippen molar-refractivity contribution in [2.75, 3.05) is 20.8 Å². The van der Waals surface area contributed by atoms with Crippen LogP contribution in [0, 0.1) is 25.2 Å². The zero-order valence-electron chi connectivity index (χ0n) is 16.5. The van der Waals surface area contributed by atoms with E-state index >= 15 is 0 Å². The fraction of sp³-hybridized carbons (Fsp3) is 0.273. The number of aromatic hydroxyl groups is 1. The summed E-state index contributed by atoms with van der Waals surface area (Å²) < 4.78 is 10.5.